The zero-order chi connectivity index (χ0) is 23.6. The highest BCUT2D eigenvalue weighted by Crippen LogP contribution is 2.48. The normalized spacial score (nSPS) is 12.8. The molecule has 4 rings (SSSR count). The second kappa shape index (κ2) is 8.68. The molecule has 3 aromatic carbocycles. The lowest BCUT2D eigenvalue weighted by Gasteiger charge is -2.33. The van der Waals surface area contributed by atoms with Gasteiger partial charge in [0.15, 0.2) is 5.69 Å². The number of carbonyl (C=O) groups excluding carboxylic acids is 1. The summed E-state index contributed by atoms with van der Waals surface area (Å²) in [5, 5.41) is 23.2. The predicted octanol–water partition coefficient (Wildman–Crippen LogP) is 5.63. The standard InChI is InChI=1S/C25H21N3O5/c1-3-33-25(30)18-6-11-20(12-7-18)28(2,21-13-9-19(10-14-21)27(31)32)22-15-8-17-5-4-16-26-23(17)24(22)29/h4-16H,3H2,1-2H3/p+1. The number of ether oxygens (including phenoxy) is 1. The highest BCUT2D eigenvalue weighted by molar-refractivity contribution is 5.93. The molecule has 0 spiro atoms. The minimum absolute atomic E-state index is 0.00317. The Hall–Kier alpha value is -4.30. The van der Waals surface area contributed by atoms with Crippen LogP contribution in [-0.2, 0) is 4.74 Å². The first-order chi connectivity index (χ1) is 15.9. The maximum absolute atomic E-state index is 12.1. The number of nitro groups is 1. The molecule has 0 aliphatic carbocycles. The average Bonchev–Trinajstić information content (AvgIpc) is 2.84. The maximum Gasteiger partial charge on any atom is 0.338 e. The number of quaternary nitrogens is 1. The Morgan fingerprint density at radius 2 is 1.67 bits per heavy atom. The monoisotopic (exact) mass is 444 g/mol. The molecule has 1 heterocycles. The summed E-state index contributed by atoms with van der Waals surface area (Å²) in [4.78, 5) is 27.1. The maximum atomic E-state index is 12.1. The van der Waals surface area contributed by atoms with Crippen LogP contribution in [0.5, 0.6) is 5.75 Å². The van der Waals surface area contributed by atoms with E-state index in [0.29, 0.717) is 22.5 Å². The molecule has 0 radical (unpaired) electrons. The molecular weight excluding hydrogens is 422 g/mol. The smallest absolute Gasteiger partial charge is 0.338 e. The highest BCUT2D eigenvalue weighted by atomic mass is 16.6. The molecule has 0 saturated carbocycles. The van der Waals surface area contributed by atoms with Crippen LogP contribution >= 0.6 is 0 Å². The number of fused-ring (bicyclic) bond motifs is 1. The molecule has 4 aromatic rings. The fraction of sp³-hybridized carbons (Fsp3) is 0.120. The third kappa shape index (κ3) is 3.88. The SMILES string of the molecule is CCOC(=O)c1ccc([N+](C)(c2ccc([N+](=O)[O-])cc2)c2ccc3cccnc3c2O)cc1. The van der Waals surface area contributed by atoms with Crippen LogP contribution in [0.25, 0.3) is 10.9 Å². The Kier molecular flexibility index (Phi) is 5.76. The molecule has 0 amide bonds. The number of hydrogen-bond acceptors (Lipinski definition) is 6. The highest BCUT2D eigenvalue weighted by Gasteiger charge is 2.35. The van der Waals surface area contributed by atoms with E-state index in [1.165, 1.54) is 12.1 Å². The largest absolute Gasteiger partial charge is 0.501 e. The van der Waals surface area contributed by atoms with Crippen molar-refractivity contribution >= 4 is 39.6 Å². The van der Waals surface area contributed by atoms with Crippen molar-refractivity contribution in [2.75, 3.05) is 13.7 Å². The minimum atomic E-state index is -0.459. The predicted molar refractivity (Wildman–Crippen MR) is 126 cm³/mol. The van der Waals surface area contributed by atoms with Crippen molar-refractivity contribution in [3.8, 4) is 5.75 Å². The molecule has 0 bridgehead atoms. The Labute approximate surface area is 190 Å². The average molecular weight is 444 g/mol. The Bertz CT molecular complexity index is 1340. The number of pyridine rings is 1. The summed E-state index contributed by atoms with van der Waals surface area (Å²) in [7, 11) is 1.87. The van der Waals surface area contributed by atoms with Crippen LogP contribution in [0.4, 0.5) is 22.7 Å². The van der Waals surface area contributed by atoms with Crippen LogP contribution in [0, 0.1) is 10.1 Å². The number of non-ortho nitro benzene ring substituents is 1. The van der Waals surface area contributed by atoms with Crippen molar-refractivity contribution in [1.82, 2.24) is 9.47 Å². The van der Waals surface area contributed by atoms with Gasteiger partial charge in [-0.15, -0.1) is 0 Å². The number of esters is 1. The quantitative estimate of drug-likeness (QED) is 0.179. The lowest BCUT2D eigenvalue weighted by atomic mass is 10.1. The molecule has 1 aromatic heterocycles. The van der Waals surface area contributed by atoms with Gasteiger partial charge in [-0.1, -0.05) is 6.07 Å². The van der Waals surface area contributed by atoms with Gasteiger partial charge in [-0.25, -0.2) is 9.28 Å². The third-order valence-corrected chi connectivity index (χ3v) is 5.68. The second-order valence-electron chi connectivity index (χ2n) is 7.56. The van der Waals surface area contributed by atoms with Crippen molar-refractivity contribution in [2.45, 2.75) is 6.92 Å². The van der Waals surface area contributed by atoms with Crippen LogP contribution in [0.1, 0.15) is 17.3 Å². The van der Waals surface area contributed by atoms with Crippen molar-refractivity contribution in [2.24, 2.45) is 0 Å². The molecule has 0 saturated heterocycles. The summed E-state index contributed by atoms with van der Waals surface area (Å²) in [6, 6.07) is 20.3. The number of aromatic hydroxyl groups is 1. The number of carbonyl (C=O) groups is 1. The van der Waals surface area contributed by atoms with E-state index < -0.39 is 10.9 Å². The van der Waals surface area contributed by atoms with Gasteiger partial charge in [-0.3, -0.25) is 15.1 Å². The van der Waals surface area contributed by atoms with E-state index in [4.69, 9.17) is 4.74 Å². The molecule has 1 atom stereocenters. The van der Waals surface area contributed by atoms with E-state index in [2.05, 4.69) is 4.98 Å². The fourth-order valence-electron chi connectivity index (χ4n) is 3.89. The molecule has 33 heavy (non-hydrogen) atoms. The summed E-state index contributed by atoms with van der Waals surface area (Å²) in [6.45, 7) is 2.01. The molecule has 166 valence electrons. The lowest BCUT2D eigenvalue weighted by Crippen LogP contribution is -2.33. The zero-order valence-electron chi connectivity index (χ0n) is 18.1. The summed E-state index contributed by atoms with van der Waals surface area (Å²) >= 11 is 0. The van der Waals surface area contributed by atoms with Crippen molar-refractivity contribution < 1.29 is 19.6 Å². The van der Waals surface area contributed by atoms with Crippen LogP contribution in [0.3, 0.4) is 0 Å². The number of rotatable bonds is 6. The molecular formula is C25H22N3O5+. The van der Waals surface area contributed by atoms with Crippen molar-refractivity contribution in [1.29, 1.82) is 0 Å². The number of nitro benzene ring substituents is 1. The first kappa shape index (κ1) is 21.9. The summed E-state index contributed by atoms with van der Waals surface area (Å²) < 4.78 is 5.06. The lowest BCUT2D eigenvalue weighted by molar-refractivity contribution is -0.384. The molecule has 0 fully saturated rings. The second-order valence-corrected chi connectivity index (χ2v) is 7.56. The van der Waals surface area contributed by atoms with E-state index in [0.717, 1.165) is 11.1 Å². The van der Waals surface area contributed by atoms with Gasteiger partial charge in [0.05, 0.1) is 24.1 Å². The topological polar surface area (TPSA) is 103 Å². The van der Waals surface area contributed by atoms with E-state index in [1.54, 1.807) is 61.7 Å². The van der Waals surface area contributed by atoms with E-state index >= 15 is 0 Å². The Morgan fingerprint density at radius 1 is 1.03 bits per heavy atom. The number of phenolic OH excluding ortho intramolecular Hbond substituents is 1. The Balaban J connectivity index is 1.92. The number of hydrogen-bond donors (Lipinski definition) is 1. The fourth-order valence-corrected chi connectivity index (χ4v) is 3.89. The third-order valence-electron chi connectivity index (χ3n) is 5.68. The molecule has 0 aliphatic rings. The van der Waals surface area contributed by atoms with Crippen molar-refractivity contribution in [3.63, 3.8) is 0 Å². The van der Waals surface area contributed by atoms with Gasteiger partial charge in [-0.05, 0) is 31.2 Å². The van der Waals surface area contributed by atoms with Gasteiger partial charge < -0.3 is 9.84 Å². The zero-order valence-corrected chi connectivity index (χ0v) is 18.1. The van der Waals surface area contributed by atoms with Gasteiger partial charge in [-0.2, -0.15) is 0 Å². The van der Waals surface area contributed by atoms with Gasteiger partial charge in [0.25, 0.3) is 5.69 Å². The first-order valence-electron chi connectivity index (χ1n) is 10.3. The van der Waals surface area contributed by atoms with E-state index in [-0.39, 0.29) is 22.5 Å². The molecule has 0 aliphatic heterocycles. The van der Waals surface area contributed by atoms with Gasteiger partial charge in [0.1, 0.15) is 16.9 Å². The van der Waals surface area contributed by atoms with Gasteiger partial charge >= 0.3 is 5.97 Å². The number of phenols is 1. The molecule has 8 heteroatoms. The first-order valence-corrected chi connectivity index (χ1v) is 10.3. The Morgan fingerprint density at radius 3 is 2.27 bits per heavy atom. The van der Waals surface area contributed by atoms with Crippen LogP contribution < -0.4 is 4.48 Å². The van der Waals surface area contributed by atoms with E-state index in [9.17, 15) is 20.0 Å². The van der Waals surface area contributed by atoms with Crippen molar-refractivity contribution in [3.05, 3.63) is 94.7 Å². The van der Waals surface area contributed by atoms with Gasteiger partial charge in [0.2, 0.25) is 5.75 Å². The van der Waals surface area contributed by atoms with Crippen LogP contribution in [-0.4, -0.2) is 34.6 Å². The number of aromatic nitrogens is 1. The molecule has 1 N–H and O–H groups in total. The van der Waals surface area contributed by atoms with Crippen LogP contribution in [0.2, 0.25) is 0 Å². The molecule has 8 nitrogen and oxygen atoms in total. The van der Waals surface area contributed by atoms with E-state index in [1.807, 2.05) is 19.2 Å². The van der Waals surface area contributed by atoms with Gasteiger partial charge in [0, 0.05) is 54.0 Å². The summed E-state index contributed by atoms with van der Waals surface area (Å²) in [6.07, 6.45) is 1.61. The minimum Gasteiger partial charge on any atom is -0.501 e. The molecule has 1 unspecified atom stereocenters. The number of nitrogens with zero attached hydrogens (tertiary/aromatic N) is 3. The summed E-state index contributed by atoms with van der Waals surface area (Å²) in [5.41, 5.74) is 2.74. The number of benzene rings is 3. The van der Waals surface area contributed by atoms with Crippen LogP contribution in [0.15, 0.2) is 79.0 Å². The summed E-state index contributed by atoms with van der Waals surface area (Å²) in [5.74, 6) is -0.422.